The predicted octanol–water partition coefficient (Wildman–Crippen LogP) is 2.80. The fourth-order valence-electron chi connectivity index (χ4n) is 2.51. The highest BCUT2D eigenvalue weighted by Gasteiger charge is 2.28. The predicted molar refractivity (Wildman–Crippen MR) is 74.6 cm³/mol. The molecule has 1 saturated heterocycles. The molecule has 102 valence electrons. The number of hydrogen-bond acceptors (Lipinski definition) is 3. The van der Waals surface area contributed by atoms with Crippen LogP contribution in [0.3, 0.4) is 0 Å². The third-order valence-corrected chi connectivity index (χ3v) is 3.70. The van der Waals surface area contributed by atoms with Crippen LogP contribution in [0.2, 0.25) is 0 Å². The van der Waals surface area contributed by atoms with Gasteiger partial charge in [0.2, 0.25) is 0 Å². The molecule has 1 aromatic rings. The molecule has 3 heteroatoms. The highest BCUT2D eigenvalue weighted by Crippen LogP contribution is 2.22. The van der Waals surface area contributed by atoms with Gasteiger partial charge >= 0.3 is 0 Å². The van der Waals surface area contributed by atoms with Crippen LogP contribution in [-0.2, 0) is 6.54 Å². The van der Waals surface area contributed by atoms with Crippen molar-refractivity contribution >= 4 is 0 Å². The summed E-state index contributed by atoms with van der Waals surface area (Å²) in [5.74, 6) is 2.09. The molecule has 0 amide bonds. The second kappa shape index (κ2) is 5.45. The van der Waals surface area contributed by atoms with E-state index in [0.717, 1.165) is 37.7 Å². The molecule has 1 unspecified atom stereocenters. The maximum absolute atomic E-state index is 5.69. The van der Waals surface area contributed by atoms with Crippen molar-refractivity contribution in [3.63, 3.8) is 0 Å². The van der Waals surface area contributed by atoms with Gasteiger partial charge in [0.25, 0.3) is 0 Å². The number of aryl methyl sites for hydroxylation is 1. The minimum absolute atomic E-state index is 0.307. The fraction of sp³-hybridized carbons (Fsp3) is 0.733. The lowest BCUT2D eigenvalue weighted by atomic mass is 9.86. The molecule has 0 aliphatic carbocycles. The zero-order chi connectivity index (χ0) is 13.2. The standard InChI is InChI=1S/C15H26N2O/c1-12-6-7-13(18-12)10-17-9-5-8-16-14(11-17)15(2,3)4/h6-7,14,16H,5,8-11H2,1-4H3. The van der Waals surface area contributed by atoms with Crippen molar-refractivity contribution < 1.29 is 4.42 Å². The van der Waals surface area contributed by atoms with E-state index >= 15 is 0 Å². The summed E-state index contributed by atoms with van der Waals surface area (Å²) in [6.45, 7) is 13.2. The van der Waals surface area contributed by atoms with Crippen molar-refractivity contribution in [3.05, 3.63) is 23.7 Å². The molecule has 0 spiro atoms. The molecular weight excluding hydrogens is 224 g/mol. The Bertz CT molecular complexity index is 378. The number of furan rings is 1. The molecule has 2 heterocycles. The van der Waals surface area contributed by atoms with Gasteiger partial charge in [0, 0.05) is 12.6 Å². The van der Waals surface area contributed by atoms with Gasteiger partial charge in [0.1, 0.15) is 11.5 Å². The molecule has 1 atom stereocenters. The second-order valence-corrected chi connectivity index (χ2v) is 6.47. The zero-order valence-corrected chi connectivity index (χ0v) is 12.1. The normalized spacial score (nSPS) is 23.0. The van der Waals surface area contributed by atoms with Crippen LogP contribution in [0.25, 0.3) is 0 Å². The van der Waals surface area contributed by atoms with Crippen LogP contribution in [0, 0.1) is 12.3 Å². The van der Waals surface area contributed by atoms with Gasteiger partial charge in [-0.3, -0.25) is 4.90 Å². The Labute approximate surface area is 111 Å². The van der Waals surface area contributed by atoms with Crippen molar-refractivity contribution in [1.29, 1.82) is 0 Å². The van der Waals surface area contributed by atoms with Gasteiger partial charge in [0.05, 0.1) is 6.54 Å². The molecule has 0 saturated carbocycles. The molecule has 18 heavy (non-hydrogen) atoms. The molecule has 1 aliphatic heterocycles. The van der Waals surface area contributed by atoms with Gasteiger partial charge in [-0.1, -0.05) is 20.8 Å². The van der Waals surface area contributed by atoms with Gasteiger partial charge in [-0.15, -0.1) is 0 Å². The fourth-order valence-corrected chi connectivity index (χ4v) is 2.51. The molecule has 1 N–H and O–H groups in total. The molecular formula is C15H26N2O. The minimum Gasteiger partial charge on any atom is -0.465 e. The topological polar surface area (TPSA) is 28.4 Å². The second-order valence-electron chi connectivity index (χ2n) is 6.47. The van der Waals surface area contributed by atoms with Gasteiger partial charge in [-0.05, 0) is 44.0 Å². The van der Waals surface area contributed by atoms with Crippen LogP contribution in [0.5, 0.6) is 0 Å². The maximum atomic E-state index is 5.69. The average molecular weight is 250 g/mol. The van der Waals surface area contributed by atoms with Crippen LogP contribution in [0.15, 0.2) is 16.5 Å². The Morgan fingerprint density at radius 3 is 2.78 bits per heavy atom. The molecule has 0 bridgehead atoms. The lowest BCUT2D eigenvalue weighted by Gasteiger charge is -2.33. The molecule has 1 aromatic heterocycles. The van der Waals surface area contributed by atoms with E-state index in [9.17, 15) is 0 Å². The summed E-state index contributed by atoms with van der Waals surface area (Å²) in [5, 5.41) is 3.67. The van der Waals surface area contributed by atoms with Crippen molar-refractivity contribution in [2.75, 3.05) is 19.6 Å². The third-order valence-electron chi connectivity index (χ3n) is 3.70. The summed E-state index contributed by atoms with van der Waals surface area (Å²) >= 11 is 0. The molecule has 0 aromatic carbocycles. The van der Waals surface area contributed by atoms with Crippen LogP contribution >= 0.6 is 0 Å². The van der Waals surface area contributed by atoms with Crippen LogP contribution in [0.1, 0.15) is 38.7 Å². The Kier molecular flexibility index (Phi) is 4.13. The SMILES string of the molecule is Cc1ccc(CN2CCCNC(C(C)(C)C)C2)o1. The molecule has 3 nitrogen and oxygen atoms in total. The first-order valence-corrected chi connectivity index (χ1v) is 6.96. The summed E-state index contributed by atoms with van der Waals surface area (Å²) in [7, 11) is 0. The Morgan fingerprint density at radius 1 is 1.39 bits per heavy atom. The summed E-state index contributed by atoms with van der Waals surface area (Å²) in [6, 6.07) is 4.70. The van der Waals surface area contributed by atoms with E-state index in [1.165, 1.54) is 6.42 Å². The smallest absolute Gasteiger partial charge is 0.118 e. The number of nitrogens with zero attached hydrogens (tertiary/aromatic N) is 1. The lowest BCUT2D eigenvalue weighted by Crippen LogP contribution is -2.46. The van der Waals surface area contributed by atoms with Crippen molar-refractivity contribution in [2.24, 2.45) is 5.41 Å². The van der Waals surface area contributed by atoms with Gasteiger partial charge in [-0.25, -0.2) is 0 Å². The molecule has 0 radical (unpaired) electrons. The van der Waals surface area contributed by atoms with E-state index in [1.54, 1.807) is 0 Å². The van der Waals surface area contributed by atoms with Crippen LogP contribution in [-0.4, -0.2) is 30.6 Å². The Morgan fingerprint density at radius 2 is 2.17 bits per heavy atom. The highest BCUT2D eigenvalue weighted by atomic mass is 16.3. The van der Waals surface area contributed by atoms with Gasteiger partial charge in [0.15, 0.2) is 0 Å². The maximum Gasteiger partial charge on any atom is 0.118 e. The van der Waals surface area contributed by atoms with Gasteiger partial charge in [-0.2, -0.15) is 0 Å². The van der Waals surface area contributed by atoms with Crippen LogP contribution < -0.4 is 5.32 Å². The quantitative estimate of drug-likeness (QED) is 0.875. The van der Waals surface area contributed by atoms with E-state index in [4.69, 9.17) is 4.42 Å². The van der Waals surface area contributed by atoms with E-state index < -0.39 is 0 Å². The summed E-state index contributed by atoms with van der Waals surface area (Å²) in [6.07, 6.45) is 1.21. The van der Waals surface area contributed by atoms with Crippen molar-refractivity contribution in [3.8, 4) is 0 Å². The minimum atomic E-state index is 0.307. The highest BCUT2D eigenvalue weighted by molar-refractivity contribution is 5.05. The summed E-state index contributed by atoms with van der Waals surface area (Å²) in [5.41, 5.74) is 0.307. The first-order chi connectivity index (χ1) is 8.45. The monoisotopic (exact) mass is 250 g/mol. The Balaban J connectivity index is 1.99. The zero-order valence-electron chi connectivity index (χ0n) is 12.1. The van der Waals surface area contributed by atoms with E-state index in [1.807, 2.05) is 13.0 Å². The number of hydrogen-bond donors (Lipinski definition) is 1. The molecule has 1 fully saturated rings. The van der Waals surface area contributed by atoms with E-state index in [-0.39, 0.29) is 0 Å². The summed E-state index contributed by atoms with van der Waals surface area (Å²) in [4.78, 5) is 2.51. The lowest BCUT2D eigenvalue weighted by molar-refractivity contribution is 0.182. The first-order valence-electron chi connectivity index (χ1n) is 6.96. The third kappa shape index (κ3) is 3.59. The summed E-state index contributed by atoms with van der Waals surface area (Å²) < 4.78 is 5.69. The average Bonchev–Trinajstić information content (AvgIpc) is 2.53. The van der Waals surface area contributed by atoms with Gasteiger partial charge < -0.3 is 9.73 Å². The number of rotatable bonds is 2. The van der Waals surface area contributed by atoms with Crippen molar-refractivity contribution in [2.45, 2.75) is 46.7 Å². The Hall–Kier alpha value is -0.800. The van der Waals surface area contributed by atoms with E-state index in [2.05, 4.69) is 37.1 Å². The molecule has 2 rings (SSSR count). The van der Waals surface area contributed by atoms with Crippen molar-refractivity contribution in [1.82, 2.24) is 10.2 Å². The first kappa shape index (κ1) is 13.6. The van der Waals surface area contributed by atoms with Crippen LogP contribution in [0.4, 0.5) is 0 Å². The molecule has 1 aliphatic rings. The van der Waals surface area contributed by atoms with E-state index in [0.29, 0.717) is 11.5 Å². The largest absolute Gasteiger partial charge is 0.465 e. The number of nitrogens with one attached hydrogen (secondary N) is 1.